The van der Waals surface area contributed by atoms with Crippen molar-refractivity contribution in [3.8, 4) is 0 Å². The summed E-state index contributed by atoms with van der Waals surface area (Å²) < 4.78 is 1.66. The summed E-state index contributed by atoms with van der Waals surface area (Å²) in [5, 5.41) is 12.0. The minimum absolute atomic E-state index is 0.0811. The van der Waals surface area contributed by atoms with Crippen molar-refractivity contribution in [2.45, 2.75) is 13.5 Å². The van der Waals surface area contributed by atoms with Crippen LogP contribution in [-0.4, -0.2) is 21.6 Å². The van der Waals surface area contributed by atoms with Crippen molar-refractivity contribution in [3.63, 3.8) is 0 Å². The van der Waals surface area contributed by atoms with E-state index in [4.69, 9.17) is 16.7 Å². The Balaban J connectivity index is 2.05. The van der Waals surface area contributed by atoms with E-state index in [0.717, 1.165) is 11.6 Å². The first-order chi connectivity index (χ1) is 10.5. The number of halogens is 1. The molecule has 1 heterocycles. The number of aryl methyl sites for hydroxylation is 1. The maximum atomic E-state index is 12.1. The minimum Gasteiger partial charge on any atom is -0.478 e. The fourth-order valence-corrected chi connectivity index (χ4v) is 2.09. The number of carboxylic acids is 1. The van der Waals surface area contributed by atoms with E-state index in [0.29, 0.717) is 16.4 Å². The zero-order valence-corrected chi connectivity index (χ0v) is 12.7. The van der Waals surface area contributed by atoms with Crippen LogP contribution >= 0.6 is 11.6 Å². The van der Waals surface area contributed by atoms with Crippen molar-refractivity contribution >= 4 is 35.2 Å². The first-order valence-electron chi connectivity index (χ1n) is 6.58. The largest absolute Gasteiger partial charge is 0.478 e. The van der Waals surface area contributed by atoms with Crippen LogP contribution in [-0.2, 0) is 16.1 Å². The van der Waals surface area contributed by atoms with Crippen LogP contribution in [0.4, 0.5) is 5.69 Å². The standard InChI is InChI=1S/C16H15ClN2O3/c1-11-4-5-12(9-14(11)17)18-15(20)10-19-8-2-3-13(19)6-7-16(21)22/h2-9H,10H2,1H3,(H,18,20)(H,21,22)/b7-6+. The molecule has 5 nitrogen and oxygen atoms in total. The Morgan fingerprint density at radius 1 is 1.36 bits per heavy atom. The van der Waals surface area contributed by atoms with Gasteiger partial charge in [0.05, 0.1) is 0 Å². The van der Waals surface area contributed by atoms with Gasteiger partial charge >= 0.3 is 5.97 Å². The molecule has 1 aromatic heterocycles. The van der Waals surface area contributed by atoms with Crippen LogP contribution in [0.5, 0.6) is 0 Å². The Hall–Kier alpha value is -2.53. The van der Waals surface area contributed by atoms with Crippen molar-refractivity contribution < 1.29 is 14.7 Å². The van der Waals surface area contributed by atoms with E-state index < -0.39 is 5.97 Å². The van der Waals surface area contributed by atoms with Crippen molar-refractivity contribution in [1.29, 1.82) is 0 Å². The molecule has 0 fully saturated rings. The molecule has 0 aliphatic heterocycles. The summed E-state index contributed by atoms with van der Waals surface area (Å²) >= 11 is 6.01. The zero-order valence-electron chi connectivity index (χ0n) is 11.9. The van der Waals surface area contributed by atoms with Gasteiger partial charge in [-0.25, -0.2) is 4.79 Å². The molecule has 0 unspecified atom stereocenters. The number of carbonyl (C=O) groups is 2. The lowest BCUT2D eigenvalue weighted by Gasteiger charge is -2.09. The first kappa shape index (κ1) is 15.9. The molecule has 2 aromatic rings. The van der Waals surface area contributed by atoms with Crippen LogP contribution in [0.25, 0.3) is 6.08 Å². The fourth-order valence-electron chi connectivity index (χ4n) is 1.91. The normalized spacial score (nSPS) is 10.8. The van der Waals surface area contributed by atoms with E-state index in [1.807, 2.05) is 13.0 Å². The number of carbonyl (C=O) groups excluding carboxylic acids is 1. The molecule has 2 N–H and O–H groups in total. The summed E-state index contributed by atoms with van der Waals surface area (Å²) in [6, 6.07) is 8.78. The predicted octanol–water partition coefficient (Wildman–Crippen LogP) is 3.19. The Bertz CT molecular complexity index is 735. The van der Waals surface area contributed by atoms with E-state index in [1.165, 1.54) is 6.08 Å². The number of anilines is 1. The summed E-state index contributed by atoms with van der Waals surface area (Å²) in [7, 11) is 0. The Morgan fingerprint density at radius 3 is 2.82 bits per heavy atom. The van der Waals surface area contributed by atoms with Gasteiger partial charge in [0.15, 0.2) is 0 Å². The van der Waals surface area contributed by atoms with Crippen molar-refractivity contribution in [2.75, 3.05) is 5.32 Å². The van der Waals surface area contributed by atoms with Gasteiger partial charge in [-0.1, -0.05) is 17.7 Å². The molecule has 0 saturated heterocycles. The molecular weight excluding hydrogens is 304 g/mol. The fraction of sp³-hybridized carbons (Fsp3) is 0.125. The lowest BCUT2D eigenvalue weighted by atomic mass is 10.2. The second kappa shape index (κ2) is 6.95. The maximum Gasteiger partial charge on any atom is 0.328 e. The van der Waals surface area contributed by atoms with E-state index in [1.54, 1.807) is 35.0 Å². The first-order valence-corrected chi connectivity index (χ1v) is 6.95. The van der Waals surface area contributed by atoms with Crippen molar-refractivity contribution in [1.82, 2.24) is 4.57 Å². The number of hydrogen-bond donors (Lipinski definition) is 2. The average molecular weight is 319 g/mol. The number of nitrogens with zero attached hydrogens (tertiary/aromatic N) is 1. The molecule has 0 spiro atoms. The third-order valence-electron chi connectivity index (χ3n) is 3.03. The summed E-state index contributed by atoms with van der Waals surface area (Å²) in [6.45, 7) is 1.96. The van der Waals surface area contributed by atoms with Gasteiger partial charge in [-0.15, -0.1) is 0 Å². The van der Waals surface area contributed by atoms with Crippen molar-refractivity contribution in [3.05, 3.63) is 58.9 Å². The van der Waals surface area contributed by atoms with E-state index in [9.17, 15) is 9.59 Å². The molecule has 0 aliphatic carbocycles. The second-order valence-electron chi connectivity index (χ2n) is 4.74. The topological polar surface area (TPSA) is 71.3 Å². The van der Waals surface area contributed by atoms with Gasteiger partial charge in [-0.2, -0.15) is 0 Å². The van der Waals surface area contributed by atoms with Crippen LogP contribution in [0.15, 0.2) is 42.6 Å². The molecule has 6 heteroatoms. The van der Waals surface area contributed by atoms with Crippen LogP contribution in [0.2, 0.25) is 5.02 Å². The van der Waals surface area contributed by atoms with Crippen LogP contribution in [0, 0.1) is 6.92 Å². The number of nitrogens with one attached hydrogen (secondary N) is 1. The summed E-state index contributed by atoms with van der Waals surface area (Å²) in [5.41, 5.74) is 2.20. The molecule has 0 atom stereocenters. The second-order valence-corrected chi connectivity index (χ2v) is 5.15. The Morgan fingerprint density at radius 2 is 2.14 bits per heavy atom. The minimum atomic E-state index is -1.04. The van der Waals surface area contributed by atoms with Gasteiger partial charge in [-0.3, -0.25) is 4.79 Å². The number of amides is 1. The molecule has 1 amide bonds. The molecule has 0 radical (unpaired) electrons. The van der Waals surface area contributed by atoms with E-state index in [2.05, 4.69) is 5.32 Å². The highest BCUT2D eigenvalue weighted by molar-refractivity contribution is 6.31. The number of carboxylic acid groups (broad SMARTS) is 1. The maximum absolute atomic E-state index is 12.1. The highest BCUT2D eigenvalue weighted by Gasteiger charge is 2.07. The summed E-state index contributed by atoms with van der Waals surface area (Å²) in [5.74, 6) is -1.26. The summed E-state index contributed by atoms with van der Waals surface area (Å²) in [4.78, 5) is 22.6. The molecule has 0 saturated carbocycles. The van der Waals surface area contributed by atoms with Gasteiger partial charge in [0.25, 0.3) is 0 Å². The highest BCUT2D eigenvalue weighted by Crippen LogP contribution is 2.20. The average Bonchev–Trinajstić information content (AvgIpc) is 2.87. The summed E-state index contributed by atoms with van der Waals surface area (Å²) in [6.07, 6.45) is 4.19. The Labute approximate surface area is 132 Å². The van der Waals surface area contributed by atoms with Gasteiger partial charge in [0.2, 0.25) is 5.91 Å². The van der Waals surface area contributed by atoms with Crippen LogP contribution in [0.3, 0.4) is 0 Å². The van der Waals surface area contributed by atoms with Crippen LogP contribution in [0.1, 0.15) is 11.3 Å². The molecule has 1 aromatic carbocycles. The molecule has 114 valence electrons. The lowest BCUT2D eigenvalue weighted by molar-refractivity contribution is -0.131. The van der Waals surface area contributed by atoms with Gasteiger partial charge < -0.3 is 15.0 Å². The molecule has 0 aliphatic rings. The third kappa shape index (κ3) is 4.23. The van der Waals surface area contributed by atoms with E-state index in [-0.39, 0.29) is 12.5 Å². The molecule has 0 bridgehead atoms. The third-order valence-corrected chi connectivity index (χ3v) is 3.44. The van der Waals surface area contributed by atoms with Crippen molar-refractivity contribution in [2.24, 2.45) is 0 Å². The number of benzene rings is 1. The molecule has 2 rings (SSSR count). The number of aromatic nitrogens is 1. The number of rotatable bonds is 5. The Kier molecular flexibility index (Phi) is 5.01. The van der Waals surface area contributed by atoms with Crippen LogP contribution < -0.4 is 5.32 Å². The quantitative estimate of drug-likeness (QED) is 0.832. The smallest absolute Gasteiger partial charge is 0.328 e. The number of aliphatic carboxylic acids is 1. The molecular formula is C16H15ClN2O3. The van der Waals surface area contributed by atoms with Gasteiger partial charge in [0, 0.05) is 28.7 Å². The van der Waals surface area contributed by atoms with E-state index >= 15 is 0 Å². The van der Waals surface area contributed by atoms with Gasteiger partial charge in [-0.05, 0) is 42.8 Å². The number of hydrogen-bond acceptors (Lipinski definition) is 2. The predicted molar refractivity (Wildman–Crippen MR) is 85.9 cm³/mol. The van der Waals surface area contributed by atoms with Gasteiger partial charge in [0.1, 0.15) is 6.54 Å². The monoisotopic (exact) mass is 318 g/mol. The zero-order chi connectivity index (χ0) is 16.1. The molecule has 22 heavy (non-hydrogen) atoms. The highest BCUT2D eigenvalue weighted by atomic mass is 35.5. The lowest BCUT2D eigenvalue weighted by Crippen LogP contribution is -2.18. The SMILES string of the molecule is Cc1ccc(NC(=O)Cn2cccc2/C=C/C(=O)O)cc1Cl.